The van der Waals surface area contributed by atoms with Gasteiger partial charge in [0, 0.05) is 6.42 Å². The number of hydrogen-bond donors (Lipinski definition) is 0. The Balaban J connectivity index is 2.18. The van der Waals surface area contributed by atoms with Gasteiger partial charge in [0.2, 0.25) is 0 Å². The first-order chi connectivity index (χ1) is 6.22. The van der Waals surface area contributed by atoms with Crippen molar-refractivity contribution in [1.82, 2.24) is 0 Å². The highest BCUT2D eigenvalue weighted by molar-refractivity contribution is 6.06. The van der Waals surface area contributed by atoms with Crippen molar-refractivity contribution in [3.8, 4) is 5.75 Å². The van der Waals surface area contributed by atoms with Crippen molar-refractivity contribution in [2.45, 2.75) is 19.4 Å². The molecule has 1 aliphatic heterocycles. The molecule has 2 atom stereocenters. The van der Waals surface area contributed by atoms with E-state index in [1.807, 2.05) is 31.2 Å². The summed E-state index contributed by atoms with van der Waals surface area (Å²) < 4.78 is 5.66. The Morgan fingerprint density at radius 1 is 1.46 bits per heavy atom. The van der Waals surface area contributed by atoms with Crippen LogP contribution in [-0.2, 0) is 0 Å². The van der Waals surface area contributed by atoms with Gasteiger partial charge < -0.3 is 4.74 Å². The molecule has 66 valence electrons. The predicted molar refractivity (Wildman–Crippen MR) is 47.9 cm³/mol. The normalized spacial score (nSPS) is 34.5. The lowest BCUT2D eigenvalue weighted by Gasteiger charge is -2.20. The van der Waals surface area contributed by atoms with Gasteiger partial charge in [0.1, 0.15) is 11.9 Å². The van der Waals surface area contributed by atoms with Gasteiger partial charge in [-0.15, -0.1) is 0 Å². The second-order valence-electron chi connectivity index (χ2n) is 4.05. The standard InChI is InChI=1S/C11H10O2/c1-11-6-9(11)13-8-5-3-2-4-7(8)10(11)12/h2-5,9H,6H2,1H3/t9-,11+/m1/s1. The molecule has 1 saturated carbocycles. The number of benzene rings is 1. The minimum Gasteiger partial charge on any atom is -0.489 e. The quantitative estimate of drug-likeness (QED) is 0.601. The largest absolute Gasteiger partial charge is 0.489 e. The average molecular weight is 174 g/mol. The fourth-order valence-electron chi connectivity index (χ4n) is 1.95. The number of carbonyl (C=O) groups is 1. The van der Waals surface area contributed by atoms with E-state index >= 15 is 0 Å². The van der Waals surface area contributed by atoms with Gasteiger partial charge >= 0.3 is 0 Å². The lowest BCUT2D eigenvalue weighted by molar-refractivity contribution is 0.0838. The molecule has 0 amide bonds. The first-order valence-electron chi connectivity index (χ1n) is 4.52. The van der Waals surface area contributed by atoms with E-state index in [-0.39, 0.29) is 17.3 Å². The second kappa shape index (κ2) is 1.95. The minimum atomic E-state index is -0.214. The SMILES string of the molecule is C[C@]12C[C@H]1Oc1ccccc1C2=O. The van der Waals surface area contributed by atoms with Gasteiger partial charge in [0.05, 0.1) is 11.0 Å². The number of carbonyl (C=O) groups excluding carboxylic acids is 1. The molecule has 0 aromatic heterocycles. The van der Waals surface area contributed by atoms with E-state index in [0.29, 0.717) is 0 Å². The van der Waals surface area contributed by atoms with Crippen LogP contribution in [-0.4, -0.2) is 11.9 Å². The lowest BCUT2D eigenvalue weighted by Crippen LogP contribution is -2.25. The summed E-state index contributed by atoms with van der Waals surface area (Å²) in [5.74, 6) is 1.01. The van der Waals surface area contributed by atoms with E-state index < -0.39 is 0 Å². The van der Waals surface area contributed by atoms with Gasteiger partial charge in [-0.1, -0.05) is 12.1 Å². The van der Waals surface area contributed by atoms with E-state index in [1.54, 1.807) is 0 Å². The van der Waals surface area contributed by atoms with Gasteiger partial charge in [-0.3, -0.25) is 4.79 Å². The summed E-state index contributed by atoms with van der Waals surface area (Å²) in [7, 11) is 0. The van der Waals surface area contributed by atoms with Crippen LogP contribution in [0.1, 0.15) is 23.7 Å². The average Bonchev–Trinajstić information content (AvgIpc) is 2.79. The number of ketones is 1. The molecule has 0 radical (unpaired) electrons. The molecule has 1 aromatic rings. The Morgan fingerprint density at radius 2 is 2.23 bits per heavy atom. The smallest absolute Gasteiger partial charge is 0.176 e. The van der Waals surface area contributed by atoms with E-state index in [9.17, 15) is 4.79 Å². The van der Waals surface area contributed by atoms with E-state index in [0.717, 1.165) is 17.7 Å². The number of para-hydroxylation sites is 1. The van der Waals surface area contributed by atoms with Crippen molar-refractivity contribution < 1.29 is 9.53 Å². The maximum Gasteiger partial charge on any atom is 0.176 e. The molecule has 1 aliphatic carbocycles. The van der Waals surface area contributed by atoms with E-state index in [2.05, 4.69) is 0 Å². The van der Waals surface area contributed by atoms with E-state index in [4.69, 9.17) is 4.74 Å². The summed E-state index contributed by atoms with van der Waals surface area (Å²) in [6, 6.07) is 7.49. The summed E-state index contributed by atoms with van der Waals surface area (Å²) in [5, 5.41) is 0. The Kier molecular flexibility index (Phi) is 1.07. The van der Waals surface area contributed by atoms with Crippen LogP contribution >= 0.6 is 0 Å². The molecule has 2 heteroatoms. The van der Waals surface area contributed by atoms with Crippen molar-refractivity contribution in [2.75, 3.05) is 0 Å². The Labute approximate surface area is 76.5 Å². The zero-order valence-electron chi connectivity index (χ0n) is 7.41. The number of fused-ring (bicyclic) bond motifs is 2. The number of ether oxygens (including phenoxy) is 1. The van der Waals surface area contributed by atoms with Crippen molar-refractivity contribution in [3.63, 3.8) is 0 Å². The molecular formula is C11H10O2. The van der Waals surface area contributed by atoms with Crippen LogP contribution in [0.4, 0.5) is 0 Å². The minimum absolute atomic E-state index is 0.134. The zero-order valence-corrected chi connectivity index (χ0v) is 7.41. The Bertz CT molecular complexity index is 397. The molecule has 3 rings (SSSR count). The molecule has 0 bridgehead atoms. The summed E-state index contributed by atoms with van der Waals surface area (Å²) in [4.78, 5) is 11.9. The van der Waals surface area contributed by atoms with Gasteiger partial charge in [0.25, 0.3) is 0 Å². The van der Waals surface area contributed by atoms with Crippen LogP contribution in [0.15, 0.2) is 24.3 Å². The predicted octanol–water partition coefficient (Wildman–Crippen LogP) is 2.04. The number of Topliss-reactive ketones (excluding diaryl/α,β-unsaturated/α-hetero) is 1. The van der Waals surface area contributed by atoms with Crippen LogP contribution in [0.3, 0.4) is 0 Å². The van der Waals surface area contributed by atoms with Crippen molar-refractivity contribution in [1.29, 1.82) is 0 Å². The maximum atomic E-state index is 11.9. The second-order valence-corrected chi connectivity index (χ2v) is 4.05. The topological polar surface area (TPSA) is 26.3 Å². The lowest BCUT2D eigenvalue weighted by atomic mass is 9.94. The third kappa shape index (κ3) is 0.755. The highest BCUT2D eigenvalue weighted by Crippen LogP contribution is 2.54. The summed E-state index contributed by atoms with van der Waals surface area (Å²) in [6.07, 6.45) is 1.01. The summed E-state index contributed by atoms with van der Waals surface area (Å²) in [5.41, 5.74) is 0.535. The third-order valence-electron chi connectivity index (χ3n) is 3.08. The highest BCUT2D eigenvalue weighted by Gasteiger charge is 2.61. The fourth-order valence-corrected chi connectivity index (χ4v) is 1.95. The van der Waals surface area contributed by atoms with Crippen molar-refractivity contribution >= 4 is 5.78 Å². The van der Waals surface area contributed by atoms with Crippen molar-refractivity contribution in [2.24, 2.45) is 5.41 Å². The zero-order chi connectivity index (χ0) is 9.05. The molecule has 13 heavy (non-hydrogen) atoms. The molecule has 0 N–H and O–H groups in total. The van der Waals surface area contributed by atoms with Crippen molar-refractivity contribution in [3.05, 3.63) is 29.8 Å². The van der Waals surface area contributed by atoms with Crippen LogP contribution in [0.25, 0.3) is 0 Å². The molecule has 2 nitrogen and oxygen atoms in total. The molecule has 1 heterocycles. The van der Waals surface area contributed by atoms with Crippen LogP contribution in [0.2, 0.25) is 0 Å². The van der Waals surface area contributed by atoms with E-state index in [1.165, 1.54) is 0 Å². The Hall–Kier alpha value is -1.31. The maximum absolute atomic E-state index is 11.9. The molecule has 0 spiro atoms. The van der Waals surface area contributed by atoms with Gasteiger partial charge in [-0.25, -0.2) is 0 Å². The molecular weight excluding hydrogens is 164 g/mol. The number of hydrogen-bond acceptors (Lipinski definition) is 2. The molecule has 0 unspecified atom stereocenters. The van der Waals surface area contributed by atoms with Crippen LogP contribution in [0, 0.1) is 5.41 Å². The van der Waals surface area contributed by atoms with Crippen LogP contribution in [0.5, 0.6) is 5.75 Å². The molecule has 2 aliphatic rings. The van der Waals surface area contributed by atoms with Crippen LogP contribution < -0.4 is 4.74 Å². The third-order valence-corrected chi connectivity index (χ3v) is 3.08. The first-order valence-corrected chi connectivity index (χ1v) is 4.52. The first kappa shape index (κ1) is 7.13. The number of rotatable bonds is 0. The summed E-state index contributed by atoms with van der Waals surface area (Å²) >= 11 is 0. The summed E-state index contributed by atoms with van der Waals surface area (Å²) in [6.45, 7) is 1.98. The Morgan fingerprint density at radius 3 is 3.08 bits per heavy atom. The molecule has 0 saturated heterocycles. The molecule has 1 aromatic carbocycles. The molecule has 1 fully saturated rings. The highest BCUT2D eigenvalue weighted by atomic mass is 16.5. The van der Waals surface area contributed by atoms with Gasteiger partial charge in [-0.05, 0) is 19.1 Å². The van der Waals surface area contributed by atoms with Gasteiger partial charge in [-0.2, -0.15) is 0 Å². The monoisotopic (exact) mass is 174 g/mol. The van der Waals surface area contributed by atoms with Gasteiger partial charge in [0.15, 0.2) is 5.78 Å². The fraction of sp³-hybridized carbons (Fsp3) is 0.364.